The topological polar surface area (TPSA) is 0 Å². The third-order valence-corrected chi connectivity index (χ3v) is 9.12. The molecule has 0 nitrogen and oxygen atoms in total. The van der Waals surface area contributed by atoms with Gasteiger partial charge in [0.25, 0.3) is 0 Å². The van der Waals surface area contributed by atoms with Crippen LogP contribution in [0.2, 0.25) is 0 Å². The van der Waals surface area contributed by atoms with Gasteiger partial charge in [0.2, 0.25) is 0 Å². The van der Waals surface area contributed by atoms with Crippen LogP contribution < -0.4 is 0 Å². The molecule has 37 heavy (non-hydrogen) atoms. The molecule has 0 aromatic heterocycles. The Morgan fingerprint density at radius 3 is 1.84 bits per heavy atom. The first-order valence-electron chi connectivity index (χ1n) is 13.2. The number of rotatable bonds is 1. The highest BCUT2D eigenvalue weighted by Gasteiger charge is 2.43. The fourth-order valence-electron chi connectivity index (χ4n) is 7.52. The molecule has 7 aromatic carbocycles. The van der Waals surface area contributed by atoms with Crippen LogP contribution in [0.3, 0.4) is 0 Å². The fraction of sp³-hybridized carbons (Fsp3) is 0.0811. The molecule has 7 aromatic rings. The van der Waals surface area contributed by atoms with Gasteiger partial charge in [-0.25, -0.2) is 0 Å². The molecule has 0 amide bonds. The number of fused-ring (bicyclic) bond motifs is 4. The normalized spacial score (nSPS) is 15.4. The van der Waals surface area contributed by atoms with Crippen molar-refractivity contribution in [2.75, 3.05) is 0 Å². The average Bonchev–Trinajstić information content (AvgIpc) is 3.39. The van der Waals surface area contributed by atoms with Crippen molar-refractivity contribution in [1.82, 2.24) is 0 Å². The summed E-state index contributed by atoms with van der Waals surface area (Å²) in [6, 6.07) is 41.2. The van der Waals surface area contributed by atoms with E-state index < -0.39 is 0 Å². The van der Waals surface area contributed by atoms with E-state index in [9.17, 15) is 0 Å². The smallest absolute Gasteiger partial charge is 0.0165 e. The molecule has 0 aliphatic heterocycles. The maximum Gasteiger partial charge on any atom is 0.0165 e. The van der Waals surface area contributed by atoms with Crippen molar-refractivity contribution in [3.63, 3.8) is 0 Å². The first-order chi connectivity index (χ1) is 18.1. The molecule has 0 saturated heterocycles. The predicted octanol–water partition coefficient (Wildman–Crippen LogP) is 9.97. The zero-order chi connectivity index (χ0) is 24.5. The van der Waals surface area contributed by atoms with Gasteiger partial charge in [0.1, 0.15) is 0 Å². The second kappa shape index (κ2) is 6.47. The summed E-state index contributed by atoms with van der Waals surface area (Å²) in [6.45, 7) is 4.82. The Morgan fingerprint density at radius 2 is 1.05 bits per heavy atom. The molecule has 0 spiro atoms. The van der Waals surface area contributed by atoms with Crippen molar-refractivity contribution in [1.29, 1.82) is 0 Å². The molecule has 2 aliphatic rings. The van der Waals surface area contributed by atoms with E-state index >= 15 is 0 Å². The summed E-state index contributed by atoms with van der Waals surface area (Å²) >= 11 is 0. The Morgan fingerprint density at radius 1 is 0.459 bits per heavy atom. The number of allylic oxidation sites excluding steroid dienone is 1. The molecule has 0 radical (unpaired) electrons. The van der Waals surface area contributed by atoms with E-state index in [0.717, 1.165) is 0 Å². The summed E-state index contributed by atoms with van der Waals surface area (Å²) in [5.74, 6) is 0. The van der Waals surface area contributed by atoms with E-state index in [1.165, 1.54) is 87.6 Å². The summed E-state index contributed by atoms with van der Waals surface area (Å²) in [6.07, 6.45) is 0. The minimum absolute atomic E-state index is 0.0578. The Labute approximate surface area is 215 Å². The largest absolute Gasteiger partial charge is 0.0610 e. The lowest BCUT2D eigenvalue weighted by molar-refractivity contribution is 0.705. The minimum atomic E-state index is -0.0578. The van der Waals surface area contributed by atoms with Crippen LogP contribution in [0, 0.1) is 0 Å². The lowest BCUT2D eigenvalue weighted by Crippen LogP contribution is -2.16. The van der Waals surface area contributed by atoms with Gasteiger partial charge in [0.05, 0.1) is 0 Å². The van der Waals surface area contributed by atoms with Crippen LogP contribution in [-0.2, 0) is 5.41 Å². The molecule has 172 valence electrons. The molecule has 0 unspecified atom stereocenters. The first-order valence-corrected chi connectivity index (χ1v) is 13.2. The third kappa shape index (κ3) is 2.30. The van der Waals surface area contributed by atoms with E-state index in [1.54, 1.807) is 0 Å². The van der Waals surface area contributed by atoms with E-state index in [2.05, 4.69) is 123 Å². The Kier molecular flexibility index (Phi) is 3.45. The van der Waals surface area contributed by atoms with Crippen LogP contribution in [0.1, 0.15) is 36.1 Å². The van der Waals surface area contributed by atoms with Crippen molar-refractivity contribution in [3.05, 3.63) is 131 Å². The summed E-state index contributed by atoms with van der Waals surface area (Å²) in [5, 5.41) is 10.8. The van der Waals surface area contributed by atoms with Gasteiger partial charge in [-0.3, -0.25) is 0 Å². The molecule has 0 bridgehead atoms. The Hall–Kier alpha value is -4.42. The van der Waals surface area contributed by atoms with Crippen LogP contribution in [0.5, 0.6) is 0 Å². The summed E-state index contributed by atoms with van der Waals surface area (Å²) in [7, 11) is 0. The second-order valence-electron chi connectivity index (χ2n) is 11.3. The molecule has 0 atom stereocenters. The second-order valence-corrected chi connectivity index (χ2v) is 11.3. The first kappa shape index (κ1) is 19.7. The quantitative estimate of drug-likeness (QED) is 0.210. The molecule has 0 N–H and O–H groups in total. The van der Waals surface area contributed by atoms with Crippen LogP contribution in [-0.4, -0.2) is 0 Å². The van der Waals surface area contributed by atoms with Crippen molar-refractivity contribution in [2.45, 2.75) is 19.3 Å². The lowest BCUT2D eigenvalue weighted by atomic mass is 9.77. The zero-order valence-electron chi connectivity index (χ0n) is 20.9. The van der Waals surface area contributed by atoms with E-state index in [4.69, 9.17) is 0 Å². The molecular formula is C37H24. The Balaban J connectivity index is 1.30. The van der Waals surface area contributed by atoms with Gasteiger partial charge in [-0.15, -0.1) is 0 Å². The van der Waals surface area contributed by atoms with Gasteiger partial charge >= 0.3 is 0 Å². The predicted molar refractivity (Wildman–Crippen MR) is 158 cm³/mol. The van der Waals surface area contributed by atoms with Crippen LogP contribution in [0.15, 0.2) is 109 Å². The van der Waals surface area contributed by atoms with Crippen molar-refractivity contribution in [2.24, 2.45) is 0 Å². The average molecular weight is 469 g/mol. The van der Waals surface area contributed by atoms with E-state index in [1.807, 2.05) is 0 Å². The molecule has 0 heterocycles. The number of hydrogen-bond acceptors (Lipinski definition) is 0. The third-order valence-electron chi connectivity index (χ3n) is 9.12. The highest BCUT2D eigenvalue weighted by molar-refractivity contribution is 6.26. The molecule has 0 fully saturated rings. The van der Waals surface area contributed by atoms with Gasteiger partial charge < -0.3 is 0 Å². The zero-order valence-corrected chi connectivity index (χ0v) is 20.9. The summed E-state index contributed by atoms with van der Waals surface area (Å²) < 4.78 is 0. The highest BCUT2D eigenvalue weighted by Crippen LogP contribution is 2.59. The SMILES string of the molecule is CC1(C)C2=C(c3ccc(-c4ccc5ccc6cccc7ccc4c5c67)cc31)c1cccc3cccc2c13. The monoisotopic (exact) mass is 468 g/mol. The molecular weight excluding hydrogens is 444 g/mol. The van der Waals surface area contributed by atoms with Gasteiger partial charge in [0, 0.05) is 5.41 Å². The molecule has 0 heteroatoms. The van der Waals surface area contributed by atoms with Gasteiger partial charge in [-0.05, 0) is 93.7 Å². The minimum Gasteiger partial charge on any atom is -0.0610 e. The number of benzene rings is 7. The molecule has 2 aliphatic carbocycles. The van der Waals surface area contributed by atoms with Gasteiger partial charge in [-0.1, -0.05) is 117 Å². The summed E-state index contributed by atoms with van der Waals surface area (Å²) in [4.78, 5) is 0. The molecule has 9 rings (SSSR count). The van der Waals surface area contributed by atoms with Gasteiger partial charge in [0.15, 0.2) is 0 Å². The standard InChI is InChI=1S/C37H24/c1-37(2)31-20-25(16-19-28(31)35-29-10-4-8-21-9-5-11-30(33(21)29)36(35)37)26-17-14-24-13-12-22-6-3-7-23-15-18-27(26)34(24)32(22)23/h3-20H,1-2H3. The van der Waals surface area contributed by atoms with Crippen LogP contribution in [0.25, 0.3) is 65.4 Å². The number of hydrogen-bond donors (Lipinski definition) is 0. The maximum atomic E-state index is 2.47. The molecule has 0 saturated carbocycles. The van der Waals surface area contributed by atoms with Crippen LogP contribution in [0.4, 0.5) is 0 Å². The summed E-state index contributed by atoms with van der Waals surface area (Å²) in [5.41, 5.74) is 11.1. The van der Waals surface area contributed by atoms with Gasteiger partial charge in [-0.2, -0.15) is 0 Å². The van der Waals surface area contributed by atoms with E-state index in [-0.39, 0.29) is 5.41 Å². The van der Waals surface area contributed by atoms with Crippen molar-refractivity contribution < 1.29 is 0 Å². The van der Waals surface area contributed by atoms with Crippen molar-refractivity contribution >= 4 is 54.2 Å². The lowest BCUT2D eigenvalue weighted by Gasteiger charge is -2.26. The van der Waals surface area contributed by atoms with Crippen molar-refractivity contribution in [3.8, 4) is 11.1 Å². The maximum absolute atomic E-state index is 2.47. The highest BCUT2D eigenvalue weighted by atomic mass is 14.5. The fourth-order valence-corrected chi connectivity index (χ4v) is 7.52. The van der Waals surface area contributed by atoms with Crippen LogP contribution >= 0.6 is 0 Å². The Bertz CT molecular complexity index is 2130. The van der Waals surface area contributed by atoms with E-state index in [0.29, 0.717) is 0 Å².